The highest BCUT2D eigenvalue weighted by molar-refractivity contribution is 7.12. The topological polar surface area (TPSA) is 61.4 Å². The summed E-state index contributed by atoms with van der Waals surface area (Å²) >= 11 is 1.47. The van der Waals surface area contributed by atoms with Crippen molar-refractivity contribution in [1.29, 1.82) is 0 Å². The van der Waals surface area contributed by atoms with Gasteiger partial charge in [0.25, 0.3) is 5.91 Å². The van der Waals surface area contributed by atoms with Gasteiger partial charge in [-0.05, 0) is 29.9 Å². The monoisotopic (exact) mass is 343 g/mol. The van der Waals surface area contributed by atoms with E-state index in [1.807, 2.05) is 52.7 Å². The van der Waals surface area contributed by atoms with Crippen LogP contribution in [0, 0.1) is 0 Å². The third-order valence-electron chi connectivity index (χ3n) is 4.15. The molecule has 1 aliphatic heterocycles. The van der Waals surface area contributed by atoms with E-state index in [2.05, 4.69) is 10.6 Å². The highest BCUT2D eigenvalue weighted by atomic mass is 32.1. The molecule has 5 nitrogen and oxygen atoms in total. The molecule has 0 bridgehead atoms. The summed E-state index contributed by atoms with van der Waals surface area (Å²) in [6.07, 6.45) is 1.58. The zero-order valence-corrected chi connectivity index (χ0v) is 14.2. The first-order valence-corrected chi connectivity index (χ1v) is 9.01. The van der Waals surface area contributed by atoms with E-state index in [4.69, 9.17) is 0 Å². The number of carbonyl (C=O) groups is 2. The van der Waals surface area contributed by atoms with Crippen LogP contribution in [-0.4, -0.2) is 36.0 Å². The number of hydrogen-bond donors (Lipinski definition) is 2. The molecule has 3 amide bonds. The molecule has 6 heteroatoms. The number of benzene rings is 1. The van der Waals surface area contributed by atoms with Crippen molar-refractivity contribution in [1.82, 2.24) is 15.5 Å². The Morgan fingerprint density at radius 1 is 1.08 bits per heavy atom. The summed E-state index contributed by atoms with van der Waals surface area (Å²) in [4.78, 5) is 26.9. The van der Waals surface area contributed by atoms with Crippen LogP contribution < -0.4 is 10.6 Å². The summed E-state index contributed by atoms with van der Waals surface area (Å²) in [5.74, 6) is 0.0944. The number of piperidine rings is 1. The molecule has 1 saturated heterocycles. The second kappa shape index (κ2) is 7.97. The summed E-state index contributed by atoms with van der Waals surface area (Å²) in [6.45, 7) is 1.88. The van der Waals surface area contributed by atoms with Gasteiger partial charge in [0.2, 0.25) is 0 Å². The van der Waals surface area contributed by atoms with E-state index in [9.17, 15) is 9.59 Å². The first-order valence-electron chi connectivity index (χ1n) is 8.13. The van der Waals surface area contributed by atoms with Gasteiger partial charge in [-0.25, -0.2) is 4.79 Å². The molecule has 24 heavy (non-hydrogen) atoms. The number of amides is 3. The van der Waals surface area contributed by atoms with Crippen LogP contribution in [0.1, 0.15) is 28.1 Å². The van der Waals surface area contributed by atoms with Crippen LogP contribution in [0.5, 0.6) is 0 Å². The normalized spacial score (nSPS) is 15.1. The van der Waals surface area contributed by atoms with E-state index in [0.29, 0.717) is 19.6 Å². The smallest absolute Gasteiger partial charge is 0.315 e. The lowest BCUT2D eigenvalue weighted by molar-refractivity contribution is 0.0713. The Morgan fingerprint density at radius 2 is 1.83 bits per heavy atom. The Kier molecular flexibility index (Phi) is 5.48. The summed E-state index contributed by atoms with van der Waals surface area (Å²) in [5, 5.41) is 7.79. The molecular weight excluding hydrogens is 322 g/mol. The van der Waals surface area contributed by atoms with E-state index >= 15 is 0 Å². The van der Waals surface area contributed by atoms with Crippen LogP contribution in [0.4, 0.5) is 4.79 Å². The van der Waals surface area contributed by atoms with Crippen molar-refractivity contribution in [2.24, 2.45) is 0 Å². The third-order valence-corrected chi connectivity index (χ3v) is 5.00. The standard InChI is InChI=1S/C18H21N3O2S/c22-17(16-7-4-12-24-16)21-10-8-15(9-11-21)20-18(23)19-13-14-5-2-1-3-6-14/h1-7,12,15H,8-11,13H2,(H2,19,20,23). The molecule has 0 spiro atoms. The number of thiophene rings is 1. The van der Waals surface area contributed by atoms with Gasteiger partial charge < -0.3 is 15.5 Å². The quantitative estimate of drug-likeness (QED) is 0.897. The van der Waals surface area contributed by atoms with Crippen molar-refractivity contribution in [3.8, 4) is 0 Å². The minimum Gasteiger partial charge on any atom is -0.338 e. The first-order chi connectivity index (χ1) is 11.7. The molecule has 1 aromatic heterocycles. The van der Waals surface area contributed by atoms with Gasteiger partial charge in [-0.1, -0.05) is 36.4 Å². The average Bonchev–Trinajstić information content (AvgIpc) is 3.16. The third kappa shape index (κ3) is 4.35. The molecule has 0 unspecified atom stereocenters. The maximum atomic E-state index is 12.3. The molecule has 1 aromatic carbocycles. The van der Waals surface area contributed by atoms with Crippen LogP contribution in [0.3, 0.4) is 0 Å². The Hall–Kier alpha value is -2.34. The Balaban J connectivity index is 1.40. The largest absolute Gasteiger partial charge is 0.338 e. The Morgan fingerprint density at radius 3 is 2.50 bits per heavy atom. The second-order valence-corrected chi connectivity index (χ2v) is 6.80. The lowest BCUT2D eigenvalue weighted by Gasteiger charge is -2.32. The molecule has 1 aliphatic rings. The van der Waals surface area contributed by atoms with Crippen LogP contribution in [0.15, 0.2) is 47.8 Å². The van der Waals surface area contributed by atoms with Gasteiger partial charge in [0.1, 0.15) is 0 Å². The fourth-order valence-electron chi connectivity index (χ4n) is 2.80. The summed E-state index contributed by atoms with van der Waals surface area (Å²) in [7, 11) is 0. The van der Waals surface area contributed by atoms with Crippen molar-refractivity contribution in [2.75, 3.05) is 13.1 Å². The van der Waals surface area contributed by atoms with Crippen LogP contribution in [-0.2, 0) is 6.54 Å². The van der Waals surface area contributed by atoms with Gasteiger partial charge in [-0.2, -0.15) is 0 Å². The number of likely N-dealkylation sites (tertiary alicyclic amines) is 1. The second-order valence-electron chi connectivity index (χ2n) is 5.86. The molecule has 0 atom stereocenters. The van der Waals surface area contributed by atoms with E-state index < -0.39 is 0 Å². The van der Waals surface area contributed by atoms with Gasteiger partial charge in [0, 0.05) is 25.7 Å². The number of urea groups is 1. The predicted octanol–water partition coefficient (Wildman–Crippen LogP) is 2.85. The van der Waals surface area contributed by atoms with Crippen LogP contribution >= 0.6 is 11.3 Å². The van der Waals surface area contributed by atoms with E-state index in [-0.39, 0.29) is 18.0 Å². The van der Waals surface area contributed by atoms with E-state index in [1.165, 1.54) is 11.3 Å². The lowest BCUT2D eigenvalue weighted by Crippen LogP contribution is -2.48. The highest BCUT2D eigenvalue weighted by Gasteiger charge is 2.24. The molecule has 2 N–H and O–H groups in total. The van der Waals surface area contributed by atoms with Crippen molar-refractivity contribution in [3.05, 3.63) is 58.3 Å². The summed E-state index contributed by atoms with van der Waals surface area (Å²) in [6, 6.07) is 13.5. The Bertz CT molecular complexity index is 665. The minimum atomic E-state index is -0.151. The van der Waals surface area contributed by atoms with Crippen molar-refractivity contribution in [3.63, 3.8) is 0 Å². The Labute approximate surface area is 145 Å². The maximum absolute atomic E-state index is 12.3. The van der Waals surface area contributed by atoms with Gasteiger partial charge in [-0.15, -0.1) is 11.3 Å². The zero-order chi connectivity index (χ0) is 16.8. The van der Waals surface area contributed by atoms with Crippen molar-refractivity contribution < 1.29 is 9.59 Å². The molecule has 0 saturated carbocycles. The van der Waals surface area contributed by atoms with Gasteiger partial charge >= 0.3 is 6.03 Å². The fourth-order valence-corrected chi connectivity index (χ4v) is 3.49. The molecule has 2 heterocycles. The number of carbonyl (C=O) groups excluding carboxylic acids is 2. The number of hydrogen-bond acceptors (Lipinski definition) is 3. The predicted molar refractivity (Wildman–Crippen MR) is 95.1 cm³/mol. The van der Waals surface area contributed by atoms with Crippen LogP contribution in [0.2, 0.25) is 0 Å². The number of nitrogens with zero attached hydrogens (tertiary/aromatic N) is 1. The molecule has 1 fully saturated rings. The zero-order valence-electron chi connectivity index (χ0n) is 13.4. The molecule has 2 aromatic rings. The molecular formula is C18H21N3O2S. The highest BCUT2D eigenvalue weighted by Crippen LogP contribution is 2.17. The van der Waals surface area contributed by atoms with Gasteiger partial charge in [-0.3, -0.25) is 4.79 Å². The first kappa shape index (κ1) is 16.5. The molecule has 3 rings (SSSR count). The molecule has 0 aliphatic carbocycles. The van der Waals surface area contributed by atoms with Crippen LogP contribution in [0.25, 0.3) is 0 Å². The van der Waals surface area contributed by atoms with E-state index in [1.54, 1.807) is 0 Å². The summed E-state index contributed by atoms with van der Waals surface area (Å²) in [5.41, 5.74) is 1.07. The summed E-state index contributed by atoms with van der Waals surface area (Å²) < 4.78 is 0. The number of rotatable bonds is 4. The molecule has 0 radical (unpaired) electrons. The van der Waals surface area contributed by atoms with E-state index in [0.717, 1.165) is 23.3 Å². The minimum absolute atomic E-state index is 0.0944. The average molecular weight is 343 g/mol. The maximum Gasteiger partial charge on any atom is 0.315 e. The SMILES string of the molecule is O=C(NCc1ccccc1)NC1CCN(C(=O)c2cccs2)CC1. The van der Waals surface area contributed by atoms with Crippen molar-refractivity contribution in [2.45, 2.75) is 25.4 Å². The van der Waals surface area contributed by atoms with Gasteiger partial charge in [0.05, 0.1) is 4.88 Å². The van der Waals surface area contributed by atoms with Crippen molar-refractivity contribution >= 4 is 23.3 Å². The number of nitrogens with one attached hydrogen (secondary N) is 2. The fraction of sp³-hybridized carbons (Fsp3) is 0.333. The lowest BCUT2D eigenvalue weighted by atomic mass is 10.1. The molecule has 126 valence electrons. The van der Waals surface area contributed by atoms with Gasteiger partial charge in [0.15, 0.2) is 0 Å².